The van der Waals surface area contributed by atoms with E-state index in [1.54, 1.807) is 4.90 Å². The van der Waals surface area contributed by atoms with Crippen molar-refractivity contribution in [2.75, 3.05) is 6.54 Å². The fourth-order valence-corrected chi connectivity index (χ4v) is 4.02. The van der Waals surface area contributed by atoms with Crippen LogP contribution in [0.2, 0.25) is 0 Å². The Kier molecular flexibility index (Phi) is 5.71. The van der Waals surface area contributed by atoms with Crippen LogP contribution < -0.4 is 0 Å². The van der Waals surface area contributed by atoms with Crippen molar-refractivity contribution in [1.82, 2.24) is 4.90 Å². The van der Waals surface area contributed by atoms with Crippen LogP contribution in [0.25, 0.3) is 6.08 Å². The molecule has 1 heterocycles. The van der Waals surface area contributed by atoms with Gasteiger partial charge in [-0.15, -0.1) is 0 Å². The highest BCUT2D eigenvalue weighted by Gasteiger charge is 2.31. The van der Waals surface area contributed by atoms with Crippen LogP contribution in [0.1, 0.15) is 36.5 Å². The van der Waals surface area contributed by atoms with Crippen LogP contribution in [-0.4, -0.2) is 21.7 Å². The molecule has 128 valence electrons. The molecule has 1 saturated heterocycles. The van der Waals surface area contributed by atoms with E-state index >= 15 is 0 Å². The van der Waals surface area contributed by atoms with Gasteiger partial charge >= 0.3 is 0 Å². The molecule has 0 saturated carbocycles. The molecule has 3 rings (SSSR count). The Bertz CT molecular complexity index is 794. The lowest BCUT2D eigenvalue weighted by Gasteiger charge is -2.14. The molecular weight excluding hydrogens is 346 g/mol. The minimum absolute atomic E-state index is 0.0128. The molecule has 0 radical (unpaired) electrons. The van der Waals surface area contributed by atoms with E-state index in [9.17, 15) is 4.79 Å². The first-order valence-corrected chi connectivity index (χ1v) is 9.66. The Morgan fingerprint density at radius 3 is 2.40 bits per heavy atom. The molecule has 0 aliphatic carbocycles. The summed E-state index contributed by atoms with van der Waals surface area (Å²) in [4.78, 5) is 15.1. The first-order chi connectivity index (χ1) is 12.0. The summed E-state index contributed by atoms with van der Waals surface area (Å²) in [7, 11) is 0. The lowest BCUT2D eigenvalue weighted by Crippen LogP contribution is -2.30. The van der Waals surface area contributed by atoms with Crippen molar-refractivity contribution in [1.29, 1.82) is 0 Å². The highest BCUT2D eigenvalue weighted by molar-refractivity contribution is 8.26. The van der Waals surface area contributed by atoms with Gasteiger partial charge in [-0.05, 0) is 35.1 Å². The minimum atomic E-state index is 0.0128. The van der Waals surface area contributed by atoms with Crippen molar-refractivity contribution in [3.8, 4) is 0 Å². The summed E-state index contributed by atoms with van der Waals surface area (Å²) in [5, 5.41) is 0. The molecule has 0 bridgehead atoms. The van der Waals surface area contributed by atoms with E-state index < -0.39 is 0 Å². The average Bonchev–Trinajstić information content (AvgIpc) is 2.88. The number of hydrogen-bond acceptors (Lipinski definition) is 3. The number of carbonyl (C=O) groups excluding carboxylic acids is 1. The summed E-state index contributed by atoms with van der Waals surface area (Å²) in [6, 6.07) is 18.5. The lowest BCUT2D eigenvalue weighted by molar-refractivity contribution is -0.122. The van der Waals surface area contributed by atoms with Crippen molar-refractivity contribution in [2.24, 2.45) is 0 Å². The maximum atomic E-state index is 12.7. The predicted molar refractivity (Wildman–Crippen MR) is 111 cm³/mol. The summed E-state index contributed by atoms with van der Waals surface area (Å²) in [5.74, 6) is 0.518. The Morgan fingerprint density at radius 1 is 1.08 bits per heavy atom. The monoisotopic (exact) mass is 367 g/mol. The van der Waals surface area contributed by atoms with Gasteiger partial charge in [0.05, 0.1) is 4.91 Å². The Labute approximate surface area is 158 Å². The van der Waals surface area contributed by atoms with Gasteiger partial charge in [-0.25, -0.2) is 0 Å². The summed E-state index contributed by atoms with van der Waals surface area (Å²) >= 11 is 6.80. The van der Waals surface area contributed by atoms with Gasteiger partial charge in [0.15, 0.2) is 0 Å². The number of amides is 1. The molecule has 25 heavy (non-hydrogen) atoms. The second-order valence-corrected chi connectivity index (χ2v) is 8.07. The Balaban J connectivity index is 1.69. The number of carbonyl (C=O) groups is 1. The summed E-state index contributed by atoms with van der Waals surface area (Å²) in [5.41, 5.74) is 3.55. The molecule has 1 fully saturated rings. The van der Waals surface area contributed by atoms with Crippen LogP contribution >= 0.6 is 24.0 Å². The average molecular weight is 368 g/mol. The number of hydrogen-bond donors (Lipinski definition) is 0. The standard InChI is InChI=1S/C21H21NOS2/c1-15(2)18-10-8-17(9-11-18)14-19-20(23)22(21(24)25-19)13-12-16-6-4-3-5-7-16/h3-11,14-15H,12-13H2,1-2H3/b19-14+. The highest BCUT2D eigenvalue weighted by atomic mass is 32.2. The molecular formula is C21H21NOS2. The van der Waals surface area contributed by atoms with Crippen molar-refractivity contribution in [3.63, 3.8) is 0 Å². The first kappa shape index (κ1) is 17.9. The second kappa shape index (κ2) is 7.98. The summed E-state index contributed by atoms with van der Waals surface area (Å²) < 4.78 is 0.644. The van der Waals surface area contributed by atoms with E-state index in [0.29, 0.717) is 21.7 Å². The quantitative estimate of drug-likeness (QED) is 0.531. The zero-order chi connectivity index (χ0) is 17.8. The van der Waals surface area contributed by atoms with E-state index in [2.05, 4.69) is 50.2 Å². The lowest BCUT2D eigenvalue weighted by atomic mass is 10.0. The van der Waals surface area contributed by atoms with Crippen molar-refractivity contribution >= 4 is 40.3 Å². The topological polar surface area (TPSA) is 20.3 Å². The van der Waals surface area contributed by atoms with Gasteiger partial charge < -0.3 is 0 Å². The molecule has 0 atom stereocenters. The molecule has 2 aromatic carbocycles. The summed E-state index contributed by atoms with van der Waals surface area (Å²) in [6.45, 7) is 4.97. The van der Waals surface area contributed by atoms with Crippen molar-refractivity contribution in [3.05, 3.63) is 76.2 Å². The Morgan fingerprint density at radius 2 is 1.76 bits per heavy atom. The summed E-state index contributed by atoms with van der Waals surface area (Å²) in [6.07, 6.45) is 2.75. The first-order valence-electron chi connectivity index (χ1n) is 8.44. The normalized spacial score (nSPS) is 16.3. The maximum absolute atomic E-state index is 12.7. The van der Waals surface area contributed by atoms with Gasteiger partial charge in [0, 0.05) is 6.54 Å². The number of thiocarbonyl (C=S) groups is 1. The van der Waals surface area contributed by atoms with Gasteiger partial charge in [-0.2, -0.15) is 0 Å². The third-order valence-electron chi connectivity index (χ3n) is 4.24. The van der Waals surface area contributed by atoms with Crippen LogP contribution in [0.5, 0.6) is 0 Å². The van der Waals surface area contributed by atoms with Crippen molar-refractivity contribution < 1.29 is 4.79 Å². The fraction of sp³-hybridized carbons (Fsp3) is 0.238. The van der Waals surface area contributed by atoms with Crippen LogP contribution in [0.4, 0.5) is 0 Å². The van der Waals surface area contributed by atoms with Crippen LogP contribution in [0.15, 0.2) is 59.5 Å². The number of rotatable bonds is 5. The van der Waals surface area contributed by atoms with Gasteiger partial charge in [-0.3, -0.25) is 9.69 Å². The molecule has 4 heteroatoms. The highest BCUT2D eigenvalue weighted by Crippen LogP contribution is 2.32. The maximum Gasteiger partial charge on any atom is 0.266 e. The predicted octanol–water partition coefficient (Wildman–Crippen LogP) is 5.25. The van der Waals surface area contributed by atoms with Crippen LogP contribution in [0, 0.1) is 0 Å². The molecule has 0 unspecified atom stereocenters. The van der Waals surface area contributed by atoms with Crippen LogP contribution in [0.3, 0.4) is 0 Å². The molecule has 1 aliphatic rings. The van der Waals surface area contributed by atoms with Gasteiger partial charge in [0.1, 0.15) is 4.32 Å². The minimum Gasteiger partial charge on any atom is -0.293 e. The SMILES string of the molecule is CC(C)c1ccc(/C=C2/SC(=S)N(CCc3ccccc3)C2=O)cc1. The van der Waals surface area contributed by atoms with E-state index in [-0.39, 0.29) is 5.91 Å². The third-order valence-corrected chi connectivity index (χ3v) is 5.62. The third kappa shape index (κ3) is 4.39. The molecule has 0 N–H and O–H groups in total. The van der Waals surface area contributed by atoms with Crippen molar-refractivity contribution in [2.45, 2.75) is 26.2 Å². The molecule has 0 aromatic heterocycles. The fourth-order valence-electron chi connectivity index (χ4n) is 2.71. The second-order valence-electron chi connectivity index (χ2n) is 6.39. The molecule has 1 amide bonds. The zero-order valence-corrected chi connectivity index (χ0v) is 16.1. The van der Waals surface area contributed by atoms with E-state index in [0.717, 1.165) is 12.0 Å². The van der Waals surface area contributed by atoms with Crippen LogP contribution in [-0.2, 0) is 11.2 Å². The van der Waals surface area contributed by atoms with E-state index in [4.69, 9.17) is 12.2 Å². The van der Waals surface area contributed by atoms with Gasteiger partial charge in [-0.1, -0.05) is 92.4 Å². The number of nitrogens with zero attached hydrogens (tertiary/aromatic N) is 1. The van der Waals surface area contributed by atoms with E-state index in [1.807, 2.05) is 24.3 Å². The molecule has 1 aliphatic heterocycles. The molecule has 2 nitrogen and oxygen atoms in total. The van der Waals surface area contributed by atoms with Gasteiger partial charge in [0.2, 0.25) is 0 Å². The number of benzene rings is 2. The molecule has 0 spiro atoms. The number of thioether (sulfide) groups is 1. The smallest absolute Gasteiger partial charge is 0.266 e. The van der Waals surface area contributed by atoms with E-state index in [1.165, 1.54) is 22.9 Å². The molecule has 2 aromatic rings. The largest absolute Gasteiger partial charge is 0.293 e. The zero-order valence-electron chi connectivity index (χ0n) is 14.4. The Hall–Kier alpha value is -1.91. The van der Waals surface area contributed by atoms with Gasteiger partial charge in [0.25, 0.3) is 5.91 Å².